The smallest absolute Gasteiger partial charge is 0.146 e. The van der Waals surface area contributed by atoms with Crippen molar-refractivity contribution in [2.45, 2.75) is 33.4 Å². The van der Waals surface area contributed by atoms with Crippen LogP contribution in [-0.2, 0) is 13.2 Å². The van der Waals surface area contributed by atoms with Crippen LogP contribution in [0.5, 0.6) is 5.75 Å². The van der Waals surface area contributed by atoms with Gasteiger partial charge in [0.2, 0.25) is 0 Å². The molecule has 0 atom stereocenters. The van der Waals surface area contributed by atoms with E-state index in [1.165, 1.54) is 12.1 Å². The maximum atomic E-state index is 13.0. The molecule has 20 heavy (non-hydrogen) atoms. The van der Waals surface area contributed by atoms with Crippen molar-refractivity contribution in [3.05, 3.63) is 53.2 Å². The van der Waals surface area contributed by atoms with Crippen LogP contribution in [0.15, 0.2) is 34.7 Å². The number of hydrogen-bond acceptors (Lipinski definition) is 3. The van der Waals surface area contributed by atoms with Gasteiger partial charge in [-0.2, -0.15) is 0 Å². The monoisotopic (exact) mass is 277 g/mol. The van der Waals surface area contributed by atoms with E-state index in [0.717, 1.165) is 36.6 Å². The van der Waals surface area contributed by atoms with E-state index >= 15 is 0 Å². The molecular weight excluding hydrogens is 257 g/mol. The molecule has 1 aromatic carbocycles. The summed E-state index contributed by atoms with van der Waals surface area (Å²) in [6, 6.07) is 8.33. The summed E-state index contributed by atoms with van der Waals surface area (Å²) in [7, 11) is 0. The Balaban J connectivity index is 1.87. The van der Waals surface area contributed by atoms with Gasteiger partial charge in [0.05, 0.1) is 6.54 Å². The first kappa shape index (κ1) is 14.6. The first-order valence-electron chi connectivity index (χ1n) is 6.86. The summed E-state index contributed by atoms with van der Waals surface area (Å²) in [6.07, 6.45) is 1.10. The lowest BCUT2D eigenvalue weighted by atomic mass is 10.2. The predicted octanol–water partition coefficient (Wildman–Crippen LogP) is 3.81. The molecule has 0 aliphatic rings. The van der Waals surface area contributed by atoms with E-state index in [1.54, 1.807) is 6.07 Å². The quantitative estimate of drug-likeness (QED) is 0.782. The van der Waals surface area contributed by atoms with E-state index in [2.05, 4.69) is 12.2 Å². The summed E-state index contributed by atoms with van der Waals surface area (Å²) in [5.74, 6) is 2.08. The highest BCUT2D eigenvalue weighted by Gasteiger charge is 2.05. The second-order valence-electron chi connectivity index (χ2n) is 4.74. The van der Waals surface area contributed by atoms with Crippen LogP contribution in [0.2, 0.25) is 0 Å². The number of hydrogen-bond donors (Lipinski definition) is 1. The number of furan rings is 1. The number of aryl methyl sites for hydroxylation is 1. The van der Waals surface area contributed by atoms with Crippen LogP contribution in [0, 0.1) is 12.7 Å². The van der Waals surface area contributed by atoms with Crippen LogP contribution in [-0.4, -0.2) is 6.54 Å². The Morgan fingerprint density at radius 2 is 2.00 bits per heavy atom. The van der Waals surface area contributed by atoms with Crippen LogP contribution in [0.1, 0.15) is 30.4 Å². The maximum absolute atomic E-state index is 13.0. The predicted molar refractivity (Wildman–Crippen MR) is 76.2 cm³/mol. The van der Waals surface area contributed by atoms with Gasteiger partial charge in [-0.05, 0) is 55.8 Å². The number of rotatable bonds is 7. The standard InChI is InChI=1S/C16H20FNO2/c1-3-8-18-10-14-5-6-15(20-14)11-19-16-7-4-13(17)9-12(16)2/h4-7,9,18H,3,8,10-11H2,1-2H3. The average molecular weight is 277 g/mol. The largest absolute Gasteiger partial charge is 0.485 e. The molecule has 1 heterocycles. The van der Waals surface area contributed by atoms with Crippen molar-refractivity contribution in [2.24, 2.45) is 0 Å². The molecule has 0 radical (unpaired) electrons. The summed E-state index contributed by atoms with van der Waals surface area (Å²) in [4.78, 5) is 0. The van der Waals surface area contributed by atoms with Crippen molar-refractivity contribution in [3.8, 4) is 5.75 Å². The van der Waals surface area contributed by atoms with Crippen molar-refractivity contribution in [1.82, 2.24) is 5.32 Å². The zero-order valence-corrected chi connectivity index (χ0v) is 11.9. The van der Waals surface area contributed by atoms with Gasteiger partial charge in [-0.1, -0.05) is 6.92 Å². The Morgan fingerprint density at radius 3 is 2.75 bits per heavy atom. The Bertz CT molecular complexity index is 551. The van der Waals surface area contributed by atoms with E-state index in [0.29, 0.717) is 12.4 Å². The zero-order chi connectivity index (χ0) is 14.4. The summed E-state index contributed by atoms with van der Waals surface area (Å²) < 4.78 is 24.3. The van der Waals surface area contributed by atoms with Crippen molar-refractivity contribution in [2.75, 3.05) is 6.54 Å². The van der Waals surface area contributed by atoms with Gasteiger partial charge in [-0.3, -0.25) is 0 Å². The van der Waals surface area contributed by atoms with E-state index in [-0.39, 0.29) is 5.82 Å². The number of benzene rings is 1. The molecule has 3 nitrogen and oxygen atoms in total. The molecule has 0 saturated heterocycles. The average Bonchev–Trinajstić information content (AvgIpc) is 2.86. The van der Waals surface area contributed by atoms with E-state index in [9.17, 15) is 4.39 Å². The molecule has 0 aliphatic heterocycles. The van der Waals surface area contributed by atoms with Crippen LogP contribution in [0.3, 0.4) is 0 Å². The SMILES string of the molecule is CCCNCc1ccc(COc2ccc(F)cc2C)o1. The molecule has 1 N–H and O–H groups in total. The fourth-order valence-corrected chi connectivity index (χ4v) is 1.91. The minimum atomic E-state index is -0.253. The summed E-state index contributed by atoms with van der Waals surface area (Å²) in [5.41, 5.74) is 0.779. The Labute approximate surface area is 118 Å². The van der Waals surface area contributed by atoms with Gasteiger partial charge in [0.15, 0.2) is 0 Å². The fraction of sp³-hybridized carbons (Fsp3) is 0.375. The van der Waals surface area contributed by atoms with Gasteiger partial charge in [-0.25, -0.2) is 4.39 Å². The van der Waals surface area contributed by atoms with Gasteiger partial charge in [0, 0.05) is 0 Å². The molecule has 108 valence electrons. The highest BCUT2D eigenvalue weighted by atomic mass is 19.1. The second kappa shape index (κ2) is 7.10. The minimum absolute atomic E-state index is 0.253. The Kier molecular flexibility index (Phi) is 5.18. The lowest BCUT2D eigenvalue weighted by molar-refractivity contribution is 0.263. The molecule has 0 aliphatic carbocycles. The summed E-state index contributed by atoms with van der Waals surface area (Å²) in [5, 5.41) is 3.28. The third-order valence-electron chi connectivity index (χ3n) is 2.95. The third kappa shape index (κ3) is 4.10. The molecule has 0 saturated carbocycles. The van der Waals surface area contributed by atoms with Gasteiger partial charge < -0.3 is 14.5 Å². The topological polar surface area (TPSA) is 34.4 Å². The number of halogens is 1. The highest BCUT2D eigenvalue weighted by Crippen LogP contribution is 2.20. The molecule has 0 bridgehead atoms. The van der Waals surface area contributed by atoms with E-state index in [1.807, 2.05) is 19.1 Å². The maximum Gasteiger partial charge on any atom is 0.146 e. The molecule has 1 aromatic heterocycles. The van der Waals surface area contributed by atoms with Gasteiger partial charge in [0.1, 0.15) is 29.7 Å². The van der Waals surface area contributed by atoms with Crippen LogP contribution in [0.4, 0.5) is 4.39 Å². The minimum Gasteiger partial charge on any atom is -0.485 e. The summed E-state index contributed by atoms with van der Waals surface area (Å²) >= 11 is 0. The third-order valence-corrected chi connectivity index (χ3v) is 2.95. The molecule has 4 heteroatoms. The second-order valence-corrected chi connectivity index (χ2v) is 4.74. The van der Waals surface area contributed by atoms with Crippen molar-refractivity contribution < 1.29 is 13.5 Å². The molecule has 2 aromatic rings. The first-order valence-corrected chi connectivity index (χ1v) is 6.86. The van der Waals surface area contributed by atoms with Crippen LogP contribution in [0.25, 0.3) is 0 Å². The normalized spacial score (nSPS) is 10.8. The first-order chi connectivity index (χ1) is 9.69. The highest BCUT2D eigenvalue weighted by molar-refractivity contribution is 5.32. The van der Waals surface area contributed by atoms with Gasteiger partial charge >= 0.3 is 0 Å². The summed E-state index contributed by atoms with van der Waals surface area (Å²) in [6.45, 7) is 5.99. The Morgan fingerprint density at radius 1 is 1.20 bits per heavy atom. The molecule has 0 spiro atoms. The molecule has 2 rings (SSSR count). The molecule has 0 unspecified atom stereocenters. The molecule has 0 amide bonds. The Hall–Kier alpha value is -1.81. The van der Waals surface area contributed by atoms with E-state index < -0.39 is 0 Å². The fourth-order valence-electron chi connectivity index (χ4n) is 1.91. The van der Waals surface area contributed by atoms with Crippen molar-refractivity contribution >= 4 is 0 Å². The van der Waals surface area contributed by atoms with E-state index in [4.69, 9.17) is 9.15 Å². The van der Waals surface area contributed by atoms with Crippen molar-refractivity contribution in [3.63, 3.8) is 0 Å². The van der Waals surface area contributed by atoms with Crippen LogP contribution < -0.4 is 10.1 Å². The zero-order valence-electron chi connectivity index (χ0n) is 11.9. The lowest BCUT2D eigenvalue weighted by Gasteiger charge is -2.07. The number of nitrogens with one attached hydrogen (secondary N) is 1. The van der Waals surface area contributed by atoms with Gasteiger partial charge in [-0.15, -0.1) is 0 Å². The number of ether oxygens (including phenoxy) is 1. The lowest BCUT2D eigenvalue weighted by Crippen LogP contribution is -2.13. The molecule has 0 fully saturated rings. The molecular formula is C16H20FNO2. The van der Waals surface area contributed by atoms with Crippen LogP contribution >= 0.6 is 0 Å². The van der Waals surface area contributed by atoms with Crippen molar-refractivity contribution in [1.29, 1.82) is 0 Å². The van der Waals surface area contributed by atoms with Gasteiger partial charge in [0.25, 0.3) is 0 Å².